The Morgan fingerprint density at radius 3 is 1.13 bits per heavy atom. The third-order valence-electron chi connectivity index (χ3n) is 2.48. The van der Waals surface area contributed by atoms with Crippen molar-refractivity contribution >= 4 is 7.92 Å². The molecule has 0 aromatic heterocycles. The van der Waals surface area contributed by atoms with Gasteiger partial charge in [0, 0.05) is 0 Å². The molecule has 0 saturated heterocycles. The van der Waals surface area contributed by atoms with Gasteiger partial charge >= 0.3 is 18.9 Å². The van der Waals surface area contributed by atoms with Crippen LogP contribution in [0, 0.1) is 0 Å². The van der Waals surface area contributed by atoms with Crippen molar-refractivity contribution in [1.29, 1.82) is 0 Å². The van der Waals surface area contributed by atoms with Crippen LogP contribution < -0.4 is 35.8 Å². The van der Waals surface area contributed by atoms with E-state index in [-0.39, 0.29) is 35.8 Å². The third kappa shape index (κ3) is 15.5. The van der Waals surface area contributed by atoms with Crippen molar-refractivity contribution in [3.05, 3.63) is 0 Å². The molecule has 0 rings (SSSR count). The Labute approximate surface area is 121 Å². The van der Waals surface area contributed by atoms with Gasteiger partial charge in [-0.1, -0.05) is 40.0 Å². The van der Waals surface area contributed by atoms with E-state index >= 15 is 0 Å². The van der Waals surface area contributed by atoms with Crippen molar-refractivity contribution in [2.75, 3.05) is 18.5 Å². The number of halogens is 1. The average Bonchev–Trinajstić information content (AvgIpc) is 2.17. The van der Waals surface area contributed by atoms with Crippen molar-refractivity contribution < 1.29 is 35.8 Å². The normalized spacial score (nSPS) is 9.60. The number of unbranched alkanes of at least 4 members (excludes halogenated alkanes) is 3. The first-order chi connectivity index (χ1) is 6.35. The summed E-state index contributed by atoms with van der Waals surface area (Å²) in [6.45, 7) is 6.94. The molecule has 88 valence electrons. The summed E-state index contributed by atoms with van der Waals surface area (Å²) in [5.41, 5.74) is 0. The smallest absolute Gasteiger partial charge is 1.00 e. The molecule has 0 N–H and O–H groups in total. The first-order valence-electron chi connectivity index (χ1n) is 6.07. The predicted molar refractivity (Wildman–Crippen MR) is 66.2 cm³/mol. The summed E-state index contributed by atoms with van der Waals surface area (Å²) in [7, 11) is 0.422. The molecule has 0 amide bonds. The number of rotatable bonds is 9. The van der Waals surface area contributed by atoms with Gasteiger partial charge in [0.25, 0.3) is 0 Å². The van der Waals surface area contributed by atoms with Gasteiger partial charge in [-0.05, 0) is 37.7 Å². The maximum absolute atomic E-state index is 2.31. The van der Waals surface area contributed by atoms with E-state index in [0.29, 0.717) is 7.92 Å². The average molecular weight is 289 g/mol. The molecule has 15 heavy (non-hydrogen) atoms. The van der Waals surface area contributed by atoms with E-state index in [1.165, 1.54) is 38.5 Å². The van der Waals surface area contributed by atoms with E-state index < -0.39 is 0 Å². The molecule has 0 unspecified atom stereocenters. The molecule has 0 aliphatic heterocycles. The van der Waals surface area contributed by atoms with Crippen LogP contribution in [-0.4, -0.2) is 18.5 Å². The maximum atomic E-state index is 2.31. The molecule has 0 aromatic carbocycles. The van der Waals surface area contributed by atoms with Gasteiger partial charge < -0.3 is 17.0 Å². The largest absolute Gasteiger partial charge is 1.00 e. The van der Waals surface area contributed by atoms with Crippen LogP contribution in [0.3, 0.4) is 0 Å². The van der Waals surface area contributed by atoms with E-state index in [1.54, 1.807) is 18.5 Å². The van der Waals surface area contributed by atoms with E-state index in [4.69, 9.17) is 0 Å². The Kier molecular flexibility index (Phi) is 25.9. The topological polar surface area (TPSA) is 0 Å². The Balaban J connectivity index is -0.000000720. The van der Waals surface area contributed by atoms with E-state index in [0.717, 1.165) is 0 Å². The van der Waals surface area contributed by atoms with Crippen LogP contribution in [0.2, 0.25) is 0 Å². The quantitative estimate of drug-likeness (QED) is 0.372. The van der Waals surface area contributed by atoms with E-state index in [2.05, 4.69) is 20.8 Å². The first-order valence-corrected chi connectivity index (χ1v) is 7.97. The molecule has 0 saturated carbocycles. The maximum Gasteiger partial charge on any atom is 1.00 e. The molecule has 0 fully saturated rings. The first kappa shape index (κ1) is 21.8. The minimum atomic E-state index is 0. The Morgan fingerprint density at radius 2 is 0.933 bits per heavy atom. The Bertz CT molecular complexity index is 82.6. The second kappa shape index (κ2) is 17.9. The fourth-order valence-corrected chi connectivity index (χ4v) is 4.44. The van der Waals surface area contributed by atoms with Crippen LogP contribution in [0.25, 0.3) is 0 Å². The molecular weight excluding hydrogens is 262 g/mol. The van der Waals surface area contributed by atoms with E-state index in [1.807, 2.05) is 0 Å². The molecule has 3 heteroatoms. The summed E-state index contributed by atoms with van der Waals surface area (Å²) in [6, 6.07) is 0. The SMILES string of the molecule is CCCCP(CCCC)CCCC.[Br-].[Li+]. The number of hydrogen-bond acceptors (Lipinski definition) is 0. The summed E-state index contributed by atoms with van der Waals surface area (Å²) in [5.74, 6) is 0. The van der Waals surface area contributed by atoms with Gasteiger partial charge in [-0.15, -0.1) is 7.92 Å². The van der Waals surface area contributed by atoms with Crippen molar-refractivity contribution in [3.8, 4) is 0 Å². The van der Waals surface area contributed by atoms with Gasteiger partial charge in [-0.2, -0.15) is 0 Å². The van der Waals surface area contributed by atoms with Crippen LogP contribution in [-0.2, 0) is 0 Å². The van der Waals surface area contributed by atoms with Crippen LogP contribution in [0.4, 0.5) is 0 Å². The van der Waals surface area contributed by atoms with Gasteiger partial charge in [-0.3, -0.25) is 0 Å². The van der Waals surface area contributed by atoms with Crippen LogP contribution in [0.15, 0.2) is 0 Å². The second-order valence-electron chi connectivity index (χ2n) is 3.90. The summed E-state index contributed by atoms with van der Waals surface area (Å²) in [5, 5.41) is 0. The molecule has 0 spiro atoms. The van der Waals surface area contributed by atoms with Crippen molar-refractivity contribution in [1.82, 2.24) is 0 Å². The fraction of sp³-hybridized carbons (Fsp3) is 1.00. The van der Waals surface area contributed by atoms with Crippen LogP contribution >= 0.6 is 7.92 Å². The monoisotopic (exact) mass is 288 g/mol. The number of hydrogen-bond donors (Lipinski definition) is 0. The summed E-state index contributed by atoms with van der Waals surface area (Å²) >= 11 is 0. The minimum absolute atomic E-state index is 0. The molecule has 0 atom stereocenters. The van der Waals surface area contributed by atoms with Gasteiger partial charge in [0.1, 0.15) is 0 Å². The zero-order valence-electron chi connectivity index (χ0n) is 11.2. The second-order valence-corrected chi connectivity index (χ2v) is 6.59. The van der Waals surface area contributed by atoms with Gasteiger partial charge in [-0.25, -0.2) is 0 Å². The van der Waals surface area contributed by atoms with Gasteiger partial charge in [0.2, 0.25) is 0 Å². The van der Waals surface area contributed by atoms with Crippen molar-refractivity contribution in [2.24, 2.45) is 0 Å². The van der Waals surface area contributed by atoms with Gasteiger partial charge in [0.15, 0.2) is 0 Å². The molecule has 0 heterocycles. The summed E-state index contributed by atoms with van der Waals surface area (Å²) < 4.78 is 0. The molecule has 0 aliphatic carbocycles. The van der Waals surface area contributed by atoms with Crippen molar-refractivity contribution in [2.45, 2.75) is 59.3 Å². The van der Waals surface area contributed by atoms with E-state index in [9.17, 15) is 0 Å². The predicted octanol–water partition coefficient (Wildman–Crippen LogP) is -1.12. The fourth-order valence-electron chi connectivity index (χ4n) is 1.48. The molecule has 0 bridgehead atoms. The van der Waals surface area contributed by atoms with Crippen molar-refractivity contribution in [3.63, 3.8) is 0 Å². The molecular formula is C12H27BrLiP. The standard InChI is InChI=1S/C12H27P.BrH.Li/c1-4-7-10-13(11-8-5-2)12-9-6-3;;/h4-12H2,1-3H3;1H;/q;;+1/p-1. The molecule has 0 aliphatic rings. The van der Waals surface area contributed by atoms with Gasteiger partial charge in [0.05, 0.1) is 0 Å². The van der Waals surface area contributed by atoms with Crippen LogP contribution in [0.5, 0.6) is 0 Å². The zero-order valence-corrected chi connectivity index (χ0v) is 13.7. The molecule has 0 nitrogen and oxygen atoms in total. The summed E-state index contributed by atoms with van der Waals surface area (Å²) in [6.07, 6.45) is 13.2. The minimum Gasteiger partial charge on any atom is -1.00 e. The Hall–Kier alpha value is 1.51. The zero-order chi connectivity index (χ0) is 9.94. The Morgan fingerprint density at radius 1 is 0.667 bits per heavy atom. The summed E-state index contributed by atoms with van der Waals surface area (Å²) in [4.78, 5) is 0. The molecule has 0 radical (unpaired) electrons. The van der Waals surface area contributed by atoms with Crippen LogP contribution in [0.1, 0.15) is 59.3 Å². The third-order valence-corrected chi connectivity index (χ3v) is 5.33. The molecule has 0 aromatic rings.